The molecule has 10 nitrogen and oxygen atoms in total. The lowest BCUT2D eigenvalue weighted by Gasteiger charge is -2.24. The van der Waals surface area contributed by atoms with Crippen molar-refractivity contribution in [2.45, 2.75) is 23.0 Å². The second-order valence-corrected chi connectivity index (χ2v) is 12.1. The molecule has 0 fully saturated rings. The molecule has 0 aliphatic carbocycles. The fourth-order valence-corrected chi connectivity index (χ4v) is 7.22. The molecule has 0 amide bonds. The number of aromatic nitrogens is 3. The second kappa shape index (κ2) is 12.3. The van der Waals surface area contributed by atoms with Gasteiger partial charge in [-0.25, -0.2) is 19.8 Å². The molecule has 0 spiro atoms. The molecule has 1 aliphatic rings. The van der Waals surface area contributed by atoms with E-state index in [1.807, 2.05) is 47.8 Å². The number of thiophene rings is 1. The van der Waals surface area contributed by atoms with Crippen LogP contribution in [0.15, 0.2) is 110 Å². The molecule has 214 valence electrons. The molecule has 1 atom stereocenters. The molecule has 3 aromatic heterocycles. The molecule has 2 aromatic carbocycles. The monoisotopic (exact) mass is 627 g/mol. The van der Waals surface area contributed by atoms with E-state index in [0.29, 0.717) is 30.6 Å². The molecule has 0 unspecified atom stereocenters. The smallest absolute Gasteiger partial charge is 0.338 e. The number of benzene rings is 2. The van der Waals surface area contributed by atoms with Crippen LogP contribution in [0.1, 0.15) is 29.0 Å². The highest BCUT2D eigenvalue weighted by Gasteiger charge is 2.35. The lowest BCUT2D eigenvalue weighted by atomic mass is 9.97. The van der Waals surface area contributed by atoms with E-state index in [9.17, 15) is 19.7 Å². The summed E-state index contributed by atoms with van der Waals surface area (Å²) in [6, 6.07) is 18.7. The van der Waals surface area contributed by atoms with E-state index in [1.54, 1.807) is 43.6 Å². The number of nitro groups is 1. The van der Waals surface area contributed by atoms with Crippen LogP contribution in [0.3, 0.4) is 0 Å². The zero-order chi connectivity index (χ0) is 29.9. The summed E-state index contributed by atoms with van der Waals surface area (Å²) < 4.78 is 7.29. The Morgan fingerprint density at radius 3 is 2.60 bits per heavy atom. The molecule has 1 aliphatic heterocycles. The average Bonchev–Trinajstić information content (AvgIpc) is 3.66. The van der Waals surface area contributed by atoms with Crippen LogP contribution in [0.2, 0.25) is 0 Å². The molecular weight excluding hydrogens is 607 g/mol. The highest BCUT2D eigenvalue weighted by molar-refractivity contribution is 7.99. The van der Waals surface area contributed by atoms with E-state index < -0.39 is 16.9 Å². The van der Waals surface area contributed by atoms with Gasteiger partial charge < -0.3 is 4.74 Å². The van der Waals surface area contributed by atoms with E-state index in [0.717, 1.165) is 33.5 Å². The van der Waals surface area contributed by atoms with Crippen molar-refractivity contribution in [2.24, 2.45) is 4.99 Å². The first-order valence-electron chi connectivity index (χ1n) is 13.0. The van der Waals surface area contributed by atoms with Gasteiger partial charge >= 0.3 is 5.97 Å². The minimum atomic E-state index is -0.758. The number of nitro benzene ring substituents is 1. The zero-order valence-electron chi connectivity index (χ0n) is 22.4. The largest absolute Gasteiger partial charge is 0.463 e. The van der Waals surface area contributed by atoms with Crippen molar-refractivity contribution in [1.82, 2.24) is 14.5 Å². The number of carbonyl (C=O) groups excluding carboxylic acids is 1. The molecule has 13 heteroatoms. The van der Waals surface area contributed by atoms with Gasteiger partial charge in [0.05, 0.1) is 32.2 Å². The summed E-state index contributed by atoms with van der Waals surface area (Å²) >= 11 is 3.66. The SMILES string of the molecule is CCOC(=O)C1=C(c2ccccc2)N=c2s/c(=C/c3ccc(Sc4ncccn4)c([N+](=O)[O-])c3)c(=O)n2[C@@H]1c1cccs1. The summed E-state index contributed by atoms with van der Waals surface area (Å²) in [5.74, 6) is -0.552. The van der Waals surface area contributed by atoms with Crippen LogP contribution in [0, 0.1) is 10.1 Å². The maximum Gasteiger partial charge on any atom is 0.338 e. The number of fused-ring (bicyclic) bond motifs is 1. The van der Waals surface area contributed by atoms with E-state index in [4.69, 9.17) is 9.73 Å². The first kappa shape index (κ1) is 28.4. The molecular formula is C30H21N5O5S3. The van der Waals surface area contributed by atoms with Crippen LogP contribution >= 0.6 is 34.4 Å². The Morgan fingerprint density at radius 2 is 1.91 bits per heavy atom. The van der Waals surface area contributed by atoms with Gasteiger partial charge in [-0.3, -0.25) is 19.5 Å². The van der Waals surface area contributed by atoms with Crippen molar-refractivity contribution in [2.75, 3.05) is 6.61 Å². The molecule has 0 saturated carbocycles. The minimum absolute atomic E-state index is 0.133. The van der Waals surface area contributed by atoms with Crippen molar-refractivity contribution in [3.8, 4) is 0 Å². The minimum Gasteiger partial charge on any atom is -0.463 e. The Balaban J connectivity index is 1.52. The number of rotatable bonds is 8. The maximum absolute atomic E-state index is 14.0. The van der Waals surface area contributed by atoms with E-state index >= 15 is 0 Å². The Hall–Kier alpha value is -4.72. The summed E-state index contributed by atoms with van der Waals surface area (Å²) in [6.07, 6.45) is 4.73. The average molecular weight is 628 g/mol. The van der Waals surface area contributed by atoms with Gasteiger partial charge in [0.15, 0.2) is 9.96 Å². The Bertz CT molecular complexity index is 2040. The van der Waals surface area contributed by atoms with Crippen molar-refractivity contribution in [3.63, 3.8) is 0 Å². The molecule has 5 aromatic rings. The third-order valence-corrected chi connectivity index (χ3v) is 9.27. The van der Waals surface area contributed by atoms with Gasteiger partial charge in [0.25, 0.3) is 11.2 Å². The van der Waals surface area contributed by atoms with Crippen LogP contribution in [0.5, 0.6) is 0 Å². The lowest BCUT2D eigenvalue weighted by Crippen LogP contribution is -2.39. The fraction of sp³-hybridized carbons (Fsp3) is 0.100. The third kappa shape index (κ3) is 5.69. The number of esters is 1. The quantitative estimate of drug-likeness (QED) is 0.103. The van der Waals surface area contributed by atoms with Gasteiger partial charge in [-0.05, 0) is 53.9 Å². The van der Waals surface area contributed by atoms with E-state index in [-0.39, 0.29) is 23.4 Å². The standard InChI is InChI=1S/C30H21N5O5S3/c1-2-40-28(37)24-25(19-8-4-3-5-9-19)33-30-34(26(24)22-10-6-15-41-22)27(36)23(43-30)17-18-11-12-21(20(16-18)35(38)39)42-29-31-13-7-14-32-29/h3-17,26H,2H2,1H3/b23-17+/t26-/m1/s1. The maximum atomic E-state index is 14.0. The van der Waals surface area contributed by atoms with E-state index in [1.165, 1.54) is 22.0 Å². The Kier molecular flexibility index (Phi) is 8.09. The molecule has 0 bridgehead atoms. The normalized spacial score (nSPS) is 14.7. The predicted octanol–water partition coefficient (Wildman–Crippen LogP) is 4.85. The number of hydrogen-bond donors (Lipinski definition) is 0. The summed E-state index contributed by atoms with van der Waals surface area (Å²) in [5, 5.41) is 14.2. The Labute approximate surface area is 256 Å². The highest BCUT2D eigenvalue weighted by Crippen LogP contribution is 2.37. The van der Waals surface area contributed by atoms with Gasteiger partial charge in [0.1, 0.15) is 6.04 Å². The summed E-state index contributed by atoms with van der Waals surface area (Å²) in [6.45, 7) is 1.89. The second-order valence-electron chi connectivity index (χ2n) is 9.06. The number of carbonyl (C=O) groups is 1. The number of nitrogens with zero attached hydrogens (tertiary/aromatic N) is 5. The fourth-order valence-electron chi connectivity index (χ4n) is 4.60. The van der Waals surface area contributed by atoms with Crippen molar-refractivity contribution in [3.05, 3.63) is 136 Å². The zero-order valence-corrected chi connectivity index (χ0v) is 24.9. The van der Waals surface area contributed by atoms with Crippen LogP contribution in [0.25, 0.3) is 11.8 Å². The Morgan fingerprint density at radius 1 is 1.12 bits per heavy atom. The summed E-state index contributed by atoms with van der Waals surface area (Å²) in [7, 11) is 0. The first-order chi connectivity index (χ1) is 20.9. The molecule has 0 N–H and O–H groups in total. The molecule has 4 heterocycles. The van der Waals surface area contributed by atoms with Crippen LogP contribution < -0.4 is 14.9 Å². The third-order valence-electron chi connectivity index (χ3n) is 6.41. The van der Waals surface area contributed by atoms with Crippen LogP contribution in [-0.4, -0.2) is 32.0 Å². The summed E-state index contributed by atoms with van der Waals surface area (Å²) in [4.78, 5) is 53.5. The van der Waals surface area contributed by atoms with Crippen LogP contribution in [0.4, 0.5) is 5.69 Å². The van der Waals surface area contributed by atoms with E-state index in [2.05, 4.69) is 9.97 Å². The lowest BCUT2D eigenvalue weighted by molar-refractivity contribution is -0.387. The topological polar surface area (TPSA) is 130 Å². The van der Waals surface area contributed by atoms with Gasteiger partial charge in [-0.15, -0.1) is 11.3 Å². The van der Waals surface area contributed by atoms with Gasteiger partial charge in [0.2, 0.25) is 0 Å². The van der Waals surface area contributed by atoms with Crippen molar-refractivity contribution in [1.29, 1.82) is 0 Å². The first-order valence-corrected chi connectivity index (χ1v) is 15.5. The predicted molar refractivity (Wildman–Crippen MR) is 165 cm³/mol. The molecule has 6 rings (SSSR count). The molecule has 0 saturated heterocycles. The van der Waals surface area contributed by atoms with Gasteiger partial charge in [-0.2, -0.15) is 0 Å². The number of hydrogen-bond acceptors (Lipinski definition) is 11. The van der Waals surface area contributed by atoms with Crippen LogP contribution in [-0.2, 0) is 9.53 Å². The molecule has 0 radical (unpaired) electrons. The summed E-state index contributed by atoms with van der Waals surface area (Å²) in [5.41, 5.74) is 1.40. The highest BCUT2D eigenvalue weighted by atomic mass is 32.2. The van der Waals surface area contributed by atoms with Crippen molar-refractivity contribution < 1.29 is 14.5 Å². The van der Waals surface area contributed by atoms with Gasteiger partial charge in [0, 0.05) is 28.9 Å². The molecule has 43 heavy (non-hydrogen) atoms. The number of ether oxygens (including phenoxy) is 1. The number of thiazole rings is 1. The van der Waals surface area contributed by atoms with Gasteiger partial charge in [-0.1, -0.05) is 53.8 Å². The van der Waals surface area contributed by atoms with Crippen molar-refractivity contribution >= 4 is 57.9 Å².